The Kier molecular flexibility index (Phi) is 4.36. The quantitative estimate of drug-likeness (QED) is 0.822. The summed E-state index contributed by atoms with van der Waals surface area (Å²) in [6.45, 7) is 5.21. The molecular formula is C22H30N2O3S. The van der Waals surface area contributed by atoms with Crippen molar-refractivity contribution >= 4 is 21.4 Å². The number of nitrogens with one attached hydrogen (secondary N) is 1. The van der Waals surface area contributed by atoms with Crippen LogP contribution in [-0.4, -0.2) is 49.9 Å². The van der Waals surface area contributed by atoms with Gasteiger partial charge in [0.25, 0.3) is 0 Å². The second kappa shape index (κ2) is 6.56. The van der Waals surface area contributed by atoms with Crippen LogP contribution in [-0.2, 0) is 40.3 Å². The van der Waals surface area contributed by atoms with Gasteiger partial charge in [-0.1, -0.05) is 13.0 Å². The van der Waals surface area contributed by atoms with Gasteiger partial charge in [-0.2, -0.15) is 0 Å². The van der Waals surface area contributed by atoms with Crippen molar-refractivity contribution in [2.75, 3.05) is 30.7 Å². The first-order valence-electron chi connectivity index (χ1n) is 10.8. The zero-order chi connectivity index (χ0) is 19.5. The van der Waals surface area contributed by atoms with Gasteiger partial charge < -0.3 is 10.2 Å². The minimum absolute atomic E-state index is 0.214. The fourth-order valence-electron chi connectivity index (χ4n) is 5.99. The molecule has 1 aliphatic heterocycles. The largest absolute Gasteiger partial charge is 0.325 e. The van der Waals surface area contributed by atoms with Crippen LogP contribution in [0.2, 0.25) is 0 Å². The highest BCUT2D eigenvalue weighted by Crippen LogP contribution is 2.51. The lowest BCUT2D eigenvalue weighted by Crippen LogP contribution is -2.64. The number of hydrogen-bond acceptors (Lipinski definition) is 4. The fourth-order valence-corrected chi connectivity index (χ4v) is 7.88. The van der Waals surface area contributed by atoms with Crippen molar-refractivity contribution < 1.29 is 13.2 Å². The maximum atomic E-state index is 12.8. The first-order valence-corrected chi connectivity index (χ1v) is 12.5. The number of benzene rings is 1. The van der Waals surface area contributed by atoms with Gasteiger partial charge in [0.15, 0.2) is 9.84 Å². The second-order valence-corrected chi connectivity index (χ2v) is 11.7. The Morgan fingerprint density at radius 1 is 1.11 bits per heavy atom. The first kappa shape index (κ1) is 18.6. The number of carbonyl (C=O) groups is 1. The zero-order valence-electron chi connectivity index (χ0n) is 16.7. The highest BCUT2D eigenvalue weighted by molar-refractivity contribution is 7.92. The number of amides is 1. The molecule has 0 unspecified atom stereocenters. The molecule has 1 heterocycles. The van der Waals surface area contributed by atoms with Crippen molar-refractivity contribution in [2.24, 2.45) is 5.41 Å². The summed E-state index contributed by atoms with van der Waals surface area (Å²) in [5, 5.41) is 2.71. The molecule has 0 radical (unpaired) electrons. The lowest BCUT2D eigenvalue weighted by Gasteiger charge is -2.58. The van der Waals surface area contributed by atoms with Gasteiger partial charge in [0.2, 0.25) is 5.91 Å². The van der Waals surface area contributed by atoms with Gasteiger partial charge in [-0.05, 0) is 85.6 Å². The van der Waals surface area contributed by atoms with Crippen LogP contribution in [0, 0.1) is 5.41 Å². The van der Waals surface area contributed by atoms with Crippen molar-refractivity contribution in [3.8, 4) is 0 Å². The van der Waals surface area contributed by atoms with E-state index in [2.05, 4.69) is 23.2 Å². The van der Waals surface area contributed by atoms with Gasteiger partial charge in [0, 0.05) is 18.8 Å². The number of nitrogens with zero attached hydrogens (tertiary/aromatic N) is 1. The number of anilines is 1. The van der Waals surface area contributed by atoms with Crippen molar-refractivity contribution in [2.45, 2.75) is 63.5 Å². The molecular weight excluding hydrogens is 372 g/mol. The van der Waals surface area contributed by atoms with E-state index in [0.29, 0.717) is 0 Å². The Hall–Kier alpha value is -1.40. The van der Waals surface area contributed by atoms with Gasteiger partial charge in [0.05, 0.1) is 5.25 Å². The molecule has 0 bridgehead atoms. The normalized spacial score (nSPS) is 23.2. The number of hydrogen-bond donors (Lipinski definition) is 1. The molecule has 4 aliphatic rings. The van der Waals surface area contributed by atoms with E-state index in [1.165, 1.54) is 22.3 Å². The Morgan fingerprint density at radius 2 is 1.71 bits per heavy atom. The SMILES string of the molecule is CCN1CC2(CC(S(=O)(=O)CC(=O)Nc3c4c(cc5c3CCC5)CCC4)C2)C1. The van der Waals surface area contributed by atoms with Crippen molar-refractivity contribution in [1.29, 1.82) is 0 Å². The summed E-state index contributed by atoms with van der Waals surface area (Å²) < 4.78 is 25.6. The number of sulfone groups is 1. The highest BCUT2D eigenvalue weighted by Gasteiger charge is 2.55. The molecule has 3 aliphatic carbocycles. The molecule has 1 saturated heterocycles. The van der Waals surface area contributed by atoms with E-state index in [1.54, 1.807) is 0 Å². The monoisotopic (exact) mass is 402 g/mol. The highest BCUT2D eigenvalue weighted by atomic mass is 32.2. The molecule has 2 fully saturated rings. The molecule has 1 saturated carbocycles. The predicted molar refractivity (Wildman–Crippen MR) is 110 cm³/mol. The second-order valence-electron chi connectivity index (χ2n) is 9.42. The minimum atomic E-state index is -3.37. The van der Waals surface area contributed by atoms with Crippen LogP contribution in [0.4, 0.5) is 5.69 Å². The van der Waals surface area contributed by atoms with Crippen LogP contribution in [0.15, 0.2) is 6.07 Å². The third-order valence-corrected chi connectivity index (χ3v) is 9.48. The topological polar surface area (TPSA) is 66.5 Å². The van der Waals surface area contributed by atoms with Crippen molar-refractivity contribution in [3.05, 3.63) is 28.3 Å². The maximum Gasteiger partial charge on any atom is 0.239 e. The average Bonchev–Trinajstić information content (AvgIpc) is 3.20. The van der Waals surface area contributed by atoms with E-state index in [4.69, 9.17) is 0 Å². The van der Waals surface area contributed by atoms with Gasteiger partial charge >= 0.3 is 0 Å². The molecule has 0 aromatic heterocycles. The minimum Gasteiger partial charge on any atom is -0.325 e. The number of carbonyl (C=O) groups excluding carboxylic acids is 1. The van der Waals surface area contributed by atoms with Gasteiger partial charge in [0.1, 0.15) is 5.75 Å². The van der Waals surface area contributed by atoms with E-state index >= 15 is 0 Å². The third kappa shape index (κ3) is 3.00. The van der Waals surface area contributed by atoms with Crippen molar-refractivity contribution in [3.63, 3.8) is 0 Å². The maximum absolute atomic E-state index is 12.8. The van der Waals surface area contributed by atoms with Gasteiger partial charge in [-0.25, -0.2) is 8.42 Å². The van der Waals surface area contributed by atoms with Crippen LogP contribution >= 0.6 is 0 Å². The lowest BCUT2D eigenvalue weighted by molar-refractivity contribution is -0.114. The van der Waals surface area contributed by atoms with E-state index in [1.807, 2.05) is 0 Å². The van der Waals surface area contributed by atoms with E-state index in [-0.39, 0.29) is 22.3 Å². The standard InChI is InChI=1S/C22H30N2O3S/c1-2-24-13-22(14-24)10-17(11-22)28(26,27)12-20(25)23-21-18-7-3-5-15(18)9-16-6-4-8-19(16)21/h9,17H,2-8,10-14H2,1H3,(H,23,25). The van der Waals surface area contributed by atoms with Crippen LogP contribution in [0.5, 0.6) is 0 Å². The Balaban J connectivity index is 1.26. The molecule has 152 valence electrons. The molecule has 1 aromatic carbocycles. The average molecular weight is 403 g/mol. The van der Waals surface area contributed by atoms with E-state index in [0.717, 1.165) is 76.7 Å². The molecule has 5 nitrogen and oxygen atoms in total. The number of fused-ring (bicyclic) bond motifs is 2. The summed E-state index contributed by atoms with van der Waals surface area (Å²) >= 11 is 0. The smallest absolute Gasteiger partial charge is 0.239 e. The Labute approximate surface area is 167 Å². The number of aryl methyl sites for hydroxylation is 2. The lowest BCUT2D eigenvalue weighted by atomic mass is 9.63. The molecule has 0 atom stereocenters. The van der Waals surface area contributed by atoms with Crippen LogP contribution < -0.4 is 5.32 Å². The molecule has 5 rings (SSSR count). The molecule has 1 aromatic rings. The summed E-state index contributed by atoms with van der Waals surface area (Å²) in [5.41, 5.74) is 6.37. The summed E-state index contributed by atoms with van der Waals surface area (Å²) in [6.07, 6.45) is 7.83. The van der Waals surface area contributed by atoms with Crippen LogP contribution in [0.1, 0.15) is 54.9 Å². The fraction of sp³-hybridized carbons (Fsp3) is 0.682. The summed E-state index contributed by atoms with van der Waals surface area (Å²) in [7, 11) is -3.37. The molecule has 6 heteroatoms. The number of rotatable bonds is 5. The first-order chi connectivity index (χ1) is 13.4. The van der Waals surface area contributed by atoms with Gasteiger partial charge in [-0.3, -0.25) is 4.79 Å². The van der Waals surface area contributed by atoms with Crippen molar-refractivity contribution in [1.82, 2.24) is 4.90 Å². The summed E-state index contributed by atoms with van der Waals surface area (Å²) in [4.78, 5) is 15.1. The molecule has 1 spiro atoms. The molecule has 1 N–H and O–H groups in total. The zero-order valence-corrected chi connectivity index (χ0v) is 17.5. The predicted octanol–water partition coefficient (Wildman–Crippen LogP) is 2.50. The van der Waals surface area contributed by atoms with Crippen LogP contribution in [0.25, 0.3) is 0 Å². The molecule has 28 heavy (non-hydrogen) atoms. The van der Waals surface area contributed by atoms with E-state index in [9.17, 15) is 13.2 Å². The number of likely N-dealkylation sites (tertiary alicyclic amines) is 1. The summed E-state index contributed by atoms with van der Waals surface area (Å²) in [6, 6.07) is 2.32. The Morgan fingerprint density at radius 3 is 2.29 bits per heavy atom. The van der Waals surface area contributed by atoms with Crippen LogP contribution in [0.3, 0.4) is 0 Å². The van der Waals surface area contributed by atoms with E-state index < -0.39 is 9.84 Å². The third-order valence-electron chi connectivity index (χ3n) is 7.46. The molecule has 1 amide bonds. The Bertz CT molecular complexity index is 891. The van der Waals surface area contributed by atoms with Gasteiger partial charge in [-0.15, -0.1) is 0 Å². The summed E-state index contributed by atoms with van der Waals surface area (Å²) in [5.74, 6) is -0.719.